The lowest BCUT2D eigenvalue weighted by atomic mass is 10.0. The maximum atomic E-state index is 12.8. The van der Waals surface area contributed by atoms with E-state index in [0.717, 1.165) is 18.9 Å². The van der Waals surface area contributed by atoms with Gasteiger partial charge in [-0.1, -0.05) is 6.92 Å². The van der Waals surface area contributed by atoms with Crippen LogP contribution in [0.2, 0.25) is 0 Å². The maximum Gasteiger partial charge on any atom is 0.294 e. The number of hydrogen-bond acceptors (Lipinski definition) is 5. The molecule has 0 aliphatic carbocycles. The second kappa shape index (κ2) is 6.33. The molecule has 0 bridgehead atoms. The van der Waals surface area contributed by atoms with Crippen LogP contribution in [0.4, 0.5) is 5.69 Å². The number of nitro benzene ring substituents is 1. The van der Waals surface area contributed by atoms with Gasteiger partial charge in [-0.2, -0.15) is 4.31 Å². The minimum Gasteiger partial charge on any atom is -0.300 e. The van der Waals surface area contributed by atoms with Crippen LogP contribution in [0.1, 0.15) is 19.8 Å². The molecule has 1 aliphatic rings. The molecule has 0 saturated carbocycles. The number of rotatable bonds is 4. The fourth-order valence-corrected chi connectivity index (χ4v) is 4.56. The van der Waals surface area contributed by atoms with Crippen molar-refractivity contribution in [2.45, 2.75) is 24.7 Å². The number of imidazole rings is 1. The van der Waals surface area contributed by atoms with Crippen molar-refractivity contribution in [3.63, 3.8) is 0 Å². The third-order valence-corrected chi connectivity index (χ3v) is 6.04. The Morgan fingerprint density at radius 1 is 1.38 bits per heavy atom. The molecule has 0 spiro atoms. The Kier molecular flexibility index (Phi) is 4.37. The molecule has 1 aromatic carbocycles. The van der Waals surface area contributed by atoms with E-state index >= 15 is 0 Å². The minimum absolute atomic E-state index is 0.0489. The molecule has 1 aromatic heterocycles. The molecule has 1 fully saturated rings. The lowest BCUT2D eigenvalue weighted by molar-refractivity contribution is -0.384. The summed E-state index contributed by atoms with van der Waals surface area (Å²) < 4.78 is 28.5. The van der Waals surface area contributed by atoms with Gasteiger partial charge in [-0.05, 0) is 30.9 Å². The zero-order valence-electron chi connectivity index (χ0n) is 13.2. The number of aromatic nitrogens is 2. The Morgan fingerprint density at radius 3 is 2.79 bits per heavy atom. The molecule has 2 aromatic rings. The van der Waals surface area contributed by atoms with E-state index in [1.165, 1.54) is 33.5 Å². The molecule has 3 rings (SSSR count). The van der Waals surface area contributed by atoms with Crippen LogP contribution >= 0.6 is 0 Å². The van der Waals surface area contributed by atoms with Gasteiger partial charge < -0.3 is 4.57 Å². The van der Waals surface area contributed by atoms with Crippen LogP contribution in [0.3, 0.4) is 0 Å². The average Bonchev–Trinajstić information content (AvgIpc) is 3.08. The highest BCUT2D eigenvalue weighted by atomic mass is 32.2. The molecule has 9 heteroatoms. The molecule has 0 N–H and O–H groups in total. The van der Waals surface area contributed by atoms with Crippen LogP contribution in [0, 0.1) is 16.0 Å². The number of sulfonamides is 1. The minimum atomic E-state index is -3.73. The Balaban J connectivity index is 2.03. The Bertz CT molecular complexity index is 848. The van der Waals surface area contributed by atoms with Crippen LogP contribution in [-0.2, 0) is 10.0 Å². The van der Waals surface area contributed by atoms with Gasteiger partial charge in [0.15, 0.2) is 0 Å². The van der Waals surface area contributed by atoms with Crippen LogP contribution in [-0.4, -0.2) is 40.3 Å². The van der Waals surface area contributed by atoms with Gasteiger partial charge in [-0.25, -0.2) is 13.4 Å². The molecule has 0 unspecified atom stereocenters. The van der Waals surface area contributed by atoms with Crippen LogP contribution in [0.25, 0.3) is 5.69 Å². The third-order valence-electron chi connectivity index (χ3n) is 4.18. The normalized spacial score (nSPS) is 19.3. The summed E-state index contributed by atoms with van der Waals surface area (Å²) in [6.07, 6.45) is 6.30. The first-order valence-electron chi connectivity index (χ1n) is 7.66. The lowest BCUT2D eigenvalue weighted by Crippen LogP contribution is -2.39. The summed E-state index contributed by atoms with van der Waals surface area (Å²) in [6.45, 7) is 2.90. The van der Waals surface area contributed by atoms with E-state index < -0.39 is 14.9 Å². The monoisotopic (exact) mass is 350 g/mol. The van der Waals surface area contributed by atoms with Crippen molar-refractivity contribution in [2.24, 2.45) is 5.92 Å². The highest BCUT2D eigenvalue weighted by molar-refractivity contribution is 7.89. The molecule has 24 heavy (non-hydrogen) atoms. The molecule has 0 radical (unpaired) electrons. The van der Waals surface area contributed by atoms with Crippen LogP contribution < -0.4 is 0 Å². The van der Waals surface area contributed by atoms with Crippen LogP contribution in [0.5, 0.6) is 0 Å². The number of nitrogens with zero attached hydrogens (tertiary/aromatic N) is 4. The highest BCUT2D eigenvalue weighted by Crippen LogP contribution is 2.29. The van der Waals surface area contributed by atoms with Gasteiger partial charge in [0.2, 0.25) is 10.0 Å². The van der Waals surface area contributed by atoms with Gasteiger partial charge in [-0.3, -0.25) is 10.1 Å². The summed E-state index contributed by atoms with van der Waals surface area (Å²) in [4.78, 5) is 14.6. The number of piperidine rings is 1. The Hall–Kier alpha value is -2.26. The van der Waals surface area contributed by atoms with Crippen molar-refractivity contribution in [3.8, 4) is 5.69 Å². The molecular formula is C15H18N4O4S. The van der Waals surface area contributed by atoms with Gasteiger partial charge in [0, 0.05) is 31.5 Å². The van der Waals surface area contributed by atoms with Crippen molar-refractivity contribution in [2.75, 3.05) is 13.1 Å². The topological polar surface area (TPSA) is 98.3 Å². The fourth-order valence-electron chi connectivity index (χ4n) is 2.94. The summed E-state index contributed by atoms with van der Waals surface area (Å²) in [6, 6.07) is 3.99. The van der Waals surface area contributed by atoms with E-state index in [4.69, 9.17) is 0 Å². The zero-order chi connectivity index (χ0) is 17.3. The summed E-state index contributed by atoms with van der Waals surface area (Å²) in [7, 11) is -3.73. The molecule has 1 atom stereocenters. The van der Waals surface area contributed by atoms with Gasteiger partial charge in [0.25, 0.3) is 5.69 Å². The molecule has 1 saturated heterocycles. The van der Waals surface area contributed by atoms with Crippen molar-refractivity contribution in [3.05, 3.63) is 47.0 Å². The van der Waals surface area contributed by atoms with Crippen molar-refractivity contribution in [1.29, 1.82) is 0 Å². The predicted molar refractivity (Wildman–Crippen MR) is 87.4 cm³/mol. The quantitative estimate of drug-likeness (QED) is 0.622. The smallest absolute Gasteiger partial charge is 0.294 e. The SMILES string of the molecule is C[C@@H]1CCCN(S(=O)(=O)c2ccc(-n3ccnc3)c([N+](=O)[O-])c2)C1. The maximum absolute atomic E-state index is 12.8. The van der Waals surface area contributed by atoms with E-state index in [0.29, 0.717) is 13.1 Å². The van der Waals surface area contributed by atoms with Gasteiger partial charge in [0.1, 0.15) is 5.69 Å². The first-order valence-corrected chi connectivity index (χ1v) is 9.10. The van der Waals surface area contributed by atoms with Crippen molar-refractivity contribution >= 4 is 15.7 Å². The predicted octanol–water partition coefficient (Wildman–Crippen LogP) is 2.20. The van der Waals surface area contributed by atoms with Crippen LogP contribution in [0.15, 0.2) is 41.8 Å². The number of nitro groups is 1. The summed E-state index contributed by atoms with van der Waals surface area (Å²) >= 11 is 0. The van der Waals surface area contributed by atoms with E-state index in [1.54, 1.807) is 6.20 Å². The first kappa shape index (κ1) is 16.6. The van der Waals surface area contributed by atoms with Gasteiger partial charge >= 0.3 is 0 Å². The summed E-state index contributed by atoms with van der Waals surface area (Å²) in [5, 5.41) is 11.4. The van der Waals surface area contributed by atoms with Crippen molar-refractivity contribution in [1.82, 2.24) is 13.9 Å². The van der Waals surface area contributed by atoms with Gasteiger partial charge in [-0.15, -0.1) is 0 Å². The van der Waals surface area contributed by atoms with Gasteiger partial charge in [0.05, 0.1) is 16.1 Å². The van der Waals surface area contributed by atoms with E-state index in [9.17, 15) is 18.5 Å². The van der Waals surface area contributed by atoms with E-state index in [2.05, 4.69) is 4.98 Å². The lowest BCUT2D eigenvalue weighted by Gasteiger charge is -2.30. The fraction of sp³-hybridized carbons (Fsp3) is 0.400. The molecular weight excluding hydrogens is 332 g/mol. The van der Waals surface area contributed by atoms with E-state index in [1.807, 2.05) is 6.92 Å². The molecule has 1 aliphatic heterocycles. The third kappa shape index (κ3) is 3.04. The second-order valence-corrected chi connectivity index (χ2v) is 7.93. The largest absolute Gasteiger partial charge is 0.300 e. The standard InChI is InChI=1S/C15H18N4O4S/c1-12-3-2-7-18(10-12)24(22,23)13-4-5-14(15(9-13)19(20)21)17-8-6-16-11-17/h4-6,8-9,11-12H,2-3,7,10H2,1H3/t12-/m1/s1. The summed E-state index contributed by atoms with van der Waals surface area (Å²) in [5.41, 5.74) is 0.0163. The van der Waals surface area contributed by atoms with E-state index in [-0.39, 0.29) is 22.2 Å². The Morgan fingerprint density at radius 2 is 2.17 bits per heavy atom. The molecule has 0 amide bonds. The molecule has 8 nitrogen and oxygen atoms in total. The molecule has 2 heterocycles. The second-order valence-electron chi connectivity index (χ2n) is 5.99. The molecule has 128 valence electrons. The highest BCUT2D eigenvalue weighted by Gasteiger charge is 2.30. The average molecular weight is 350 g/mol. The summed E-state index contributed by atoms with van der Waals surface area (Å²) in [5.74, 6) is 0.286. The van der Waals surface area contributed by atoms with Crippen molar-refractivity contribution < 1.29 is 13.3 Å². The number of benzene rings is 1. The number of hydrogen-bond donors (Lipinski definition) is 0. The Labute approximate surface area is 139 Å². The first-order chi connectivity index (χ1) is 11.4. The zero-order valence-corrected chi connectivity index (χ0v) is 14.0.